The van der Waals surface area contributed by atoms with Gasteiger partial charge in [-0.1, -0.05) is 58.2 Å². The van der Waals surface area contributed by atoms with Crippen LogP contribution in [-0.2, 0) is 0 Å². The lowest BCUT2D eigenvalue weighted by atomic mass is 10.2. The number of anilines is 2. The molecule has 2 nitrogen and oxygen atoms in total. The number of hydrogen-bond acceptors (Lipinski definition) is 2. The van der Waals surface area contributed by atoms with E-state index in [9.17, 15) is 0 Å². The van der Waals surface area contributed by atoms with Crippen molar-refractivity contribution in [2.45, 2.75) is 0 Å². The van der Waals surface area contributed by atoms with E-state index in [1.54, 1.807) is 12.1 Å². The van der Waals surface area contributed by atoms with Crippen molar-refractivity contribution in [2.24, 2.45) is 0 Å². The number of hydrogen-bond donors (Lipinski definition) is 2. The summed E-state index contributed by atoms with van der Waals surface area (Å²) in [6.07, 6.45) is 0. The minimum Gasteiger partial charge on any atom is -0.397 e. The maximum absolute atomic E-state index is 6.02. The summed E-state index contributed by atoms with van der Waals surface area (Å²) >= 11 is 23.9. The molecule has 4 N–H and O–H groups in total. The molecule has 0 saturated heterocycles. The van der Waals surface area contributed by atoms with Gasteiger partial charge in [0.25, 0.3) is 0 Å². The van der Waals surface area contributed by atoms with E-state index < -0.39 is 0 Å². The third kappa shape index (κ3) is 3.95. The summed E-state index contributed by atoms with van der Waals surface area (Å²) in [5.41, 5.74) is 13.1. The first-order valence-corrected chi connectivity index (χ1v) is 7.40. The molecular formula is C16H8Cl4N2. The predicted octanol–water partition coefficient (Wildman–Crippen LogP) is 4.87. The summed E-state index contributed by atoms with van der Waals surface area (Å²) in [5, 5.41) is 1.58. The molecule has 0 radical (unpaired) electrons. The normalized spacial score (nSPS) is 9.45. The van der Waals surface area contributed by atoms with Crippen molar-refractivity contribution in [2.75, 3.05) is 11.5 Å². The zero-order valence-electron chi connectivity index (χ0n) is 11.0. The third-order valence-corrected chi connectivity index (χ3v) is 3.91. The molecule has 0 bridgehead atoms. The Hall–Kier alpha value is -1.68. The van der Waals surface area contributed by atoms with Gasteiger partial charge in [-0.15, -0.1) is 0 Å². The van der Waals surface area contributed by atoms with Crippen LogP contribution in [0.1, 0.15) is 11.1 Å². The van der Waals surface area contributed by atoms with Gasteiger partial charge in [-0.05, 0) is 36.1 Å². The number of nitrogen functional groups attached to an aromatic ring is 2. The van der Waals surface area contributed by atoms with Crippen LogP contribution in [0.4, 0.5) is 11.4 Å². The molecule has 0 fully saturated rings. The molecular weight excluding hydrogens is 362 g/mol. The molecule has 0 heterocycles. The summed E-state index contributed by atoms with van der Waals surface area (Å²) in [6.45, 7) is 0. The van der Waals surface area contributed by atoms with Crippen molar-refractivity contribution in [3.63, 3.8) is 0 Å². The van der Waals surface area contributed by atoms with E-state index in [-0.39, 0.29) is 0 Å². The van der Waals surface area contributed by atoms with Gasteiger partial charge in [-0.3, -0.25) is 0 Å². The molecule has 0 aliphatic heterocycles. The minimum atomic E-state index is 0.384. The van der Waals surface area contributed by atoms with Gasteiger partial charge in [0.1, 0.15) is 0 Å². The Balaban J connectivity index is 2.30. The van der Waals surface area contributed by atoms with Crippen molar-refractivity contribution >= 4 is 57.8 Å². The molecule has 0 unspecified atom stereocenters. The second-order valence-corrected chi connectivity index (χ2v) is 5.84. The van der Waals surface area contributed by atoms with Gasteiger partial charge in [-0.25, -0.2) is 0 Å². The van der Waals surface area contributed by atoms with Crippen molar-refractivity contribution in [3.8, 4) is 23.7 Å². The quantitative estimate of drug-likeness (QED) is 0.514. The first-order chi connectivity index (χ1) is 10.4. The summed E-state index contributed by atoms with van der Waals surface area (Å²) in [4.78, 5) is 0. The van der Waals surface area contributed by atoms with E-state index >= 15 is 0 Å². The largest absolute Gasteiger partial charge is 0.397 e. The zero-order valence-corrected chi connectivity index (χ0v) is 14.0. The molecule has 0 saturated carbocycles. The number of benzene rings is 2. The summed E-state index contributed by atoms with van der Waals surface area (Å²) in [7, 11) is 0. The zero-order chi connectivity index (χ0) is 16.3. The number of rotatable bonds is 0. The molecule has 2 rings (SSSR count). The van der Waals surface area contributed by atoms with E-state index in [4.69, 9.17) is 57.9 Å². The lowest BCUT2D eigenvalue weighted by Gasteiger charge is -2.00. The van der Waals surface area contributed by atoms with Gasteiger partial charge >= 0.3 is 0 Å². The molecule has 0 amide bonds. The Morgan fingerprint density at radius 3 is 1.32 bits per heavy atom. The standard InChI is InChI=1S/C16H8Cl4N2/c17-11-7-15(21)13(19)5-9(11)3-1-2-4-10-6-14(20)16(22)8-12(10)18/h5-8H,21-22H2. The minimum absolute atomic E-state index is 0.384. The average Bonchev–Trinajstić information content (AvgIpc) is 2.45. The molecule has 22 heavy (non-hydrogen) atoms. The Kier molecular flexibility index (Phi) is 5.35. The molecule has 2 aromatic rings. The first kappa shape index (κ1) is 16.7. The van der Waals surface area contributed by atoms with E-state index in [0.29, 0.717) is 42.6 Å². The topological polar surface area (TPSA) is 52.0 Å². The monoisotopic (exact) mass is 368 g/mol. The van der Waals surface area contributed by atoms with Gasteiger partial charge in [0.05, 0.1) is 31.5 Å². The highest BCUT2D eigenvalue weighted by Gasteiger charge is 2.03. The Labute approximate surface area is 148 Å². The second-order valence-electron chi connectivity index (χ2n) is 4.21. The second kappa shape index (κ2) is 7.05. The third-order valence-electron chi connectivity index (χ3n) is 2.63. The lowest BCUT2D eigenvalue weighted by Crippen LogP contribution is -1.88. The molecule has 2 aromatic carbocycles. The van der Waals surface area contributed by atoms with Gasteiger partial charge in [0.15, 0.2) is 0 Å². The Morgan fingerprint density at radius 2 is 0.955 bits per heavy atom. The molecule has 0 aliphatic carbocycles. The van der Waals surface area contributed by atoms with E-state index in [2.05, 4.69) is 23.7 Å². The van der Waals surface area contributed by atoms with Crippen LogP contribution in [0.3, 0.4) is 0 Å². The SMILES string of the molecule is Nc1cc(Cl)c(C#CC#Cc2cc(Cl)c(N)cc2Cl)cc1Cl. The highest BCUT2D eigenvalue weighted by Crippen LogP contribution is 2.27. The van der Waals surface area contributed by atoms with Gasteiger partial charge < -0.3 is 11.5 Å². The molecule has 110 valence electrons. The van der Waals surface area contributed by atoms with E-state index in [1.165, 1.54) is 12.1 Å². The first-order valence-electron chi connectivity index (χ1n) is 5.89. The molecule has 0 aromatic heterocycles. The molecule has 0 spiro atoms. The summed E-state index contributed by atoms with van der Waals surface area (Å²) < 4.78 is 0. The van der Waals surface area contributed by atoms with Crippen LogP contribution in [0.15, 0.2) is 24.3 Å². The number of halogens is 4. The van der Waals surface area contributed by atoms with Gasteiger partial charge in [0, 0.05) is 11.1 Å². The summed E-state index contributed by atoms with van der Waals surface area (Å²) in [5.74, 6) is 10.9. The maximum atomic E-state index is 6.02. The van der Waals surface area contributed by atoms with Crippen LogP contribution in [0.5, 0.6) is 0 Å². The van der Waals surface area contributed by atoms with Crippen LogP contribution < -0.4 is 11.5 Å². The Morgan fingerprint density at radius 1 is 0.591 bits per heavy atom. The van der Waals surface area contributed by atoms with Crippen LogP contribution in [0.2, 0.25) is 20.1 Å². The van der Waals surface area contributed by atoms with Gasteiger partial charge in [-0.2, -0.15) is 0 Å². The van der Waals surface area contributed by atoms with Crippen molar-refractivity contribution in [3.05, 3.63) is 55.5 Å². The molecule has 0 aliphatic rings. The van der Waals surface area contributed by atoms with Crippen LogP contribution >= 0.6 is 46.4 Å². The fourth-order valence-corrected chi connectivity index (χ4v) is 2.28. The highest BCUT2D eigenvalue weighted by molar-refractivity contribution is 6.36. The van der Waals surface area contributed by atoms with Crippen molar-refractivity contribution in [1.82, 2.24) is 0 Å². The maximum Gasteiger partial charge on any atom is 0.0648 e. The Bertz CT molecular complexity index is 794. The van der Waals surface area contributed by atoms with Crippen LogP contribution in [-0.4, -0.2) is 0 Å². The fraction of sp³-hybridized carbons (Fsp3) is 0. The van der Waals surface area contributed by atoms with Crippen molar-refractivity contribution in [1.29, 1.82) is 0 Å². The highest BCUT2D eigenvalue weighted by atomic mass is 35.5. The smallest absolute Gasteiger partial charge is 0.0648 e. The number of nitrogens with two attached hydrogens (primary N) is 2. The van der Waals surface area contributed by atoms with E-state index in [0.717, 1.165) is 0 Å². The van der Waals surface area contributed by atoms with E-state index in [1.807, 2.05) is 0 Å². The molecule has 0 atom stereocenters. The van der Waals surface area contributed by atoms with Crippen LogP contribution in [0, 0.1) is 23.7 Å². The fourth-order valence-electron chi connectivity index (χ4n) is 1.51. The van der Waals surface area contributed by atoms with Gasteiger partial charge in [0.2, 0.25) is 0 Å². The van der Waals surface area contributed by atoms with Crippen LogP contribution in [0.25, 0.3) is 0 Å². The average molecular weight is 370 g/mol. The summed E-state index contributed by atoms with van der Waals surface area (Å²) in [6, 6.07) is 6.25. The van der Waals surface area contributed by atoms with Crippen molar-refractivity contribution < 1.29 is 0 Å². The lowest BCUT2D eigenvalue weighted by molar-refractivity contribution is 1.63. The predicted molar refractivity (Wildman–Crippen MR) is 95.5 cm³/mol. The molecule has 6 heteroatoms.